The van der Waals surface area contributed by atoms with Crippen molar-refractivity contribution in [2.24, 2.45) is 11.8 Å². The molecule has 2 N–H and O–H groups in total. The summed E-state index contributed by atoms with van der Waals surface area (Å²) in [5.41, 5.74) is 5.68. The molecular weight excluding hydrogens is 230 g/mol. The Morgan fingerprint density at radius 1 is 1.39 bits per heavy atom. The van der Waals surface area contributed by atoms with Crippen molar-refractivity contribution in [1.29, 1.82) is 0 Å². The highest BCUT2D eigenvalue weighted by molar-refractivity contribution is 5.37. The smallest absolute Gasteiger partial charge is 0.323 e. The molecule has 1 aliphatic rings. The molecule has 0 bridgehead atoms. The van der Waals surface area contributed by atoms with Gasteiger partial charge in [0.05, 0.1) is 6.61 Å². The minimum Gasteiger partial charge on any atom is -0.464 e. The Kier molecular flexibility index (Phi) is 3.84. The third-order valence-electron chi connectivity index (χ3n) is 3.34. The van der Waals surface area contributed by atoms with Crippen LogP contribution in [0.5, 0.6) is 6.01 Å². The summed E-state index contributed by atoms with van der Waals surface area (Å²) in [7, 11) is 0. The maximum absolute atomic E-state index is 5.68. The summed E-state index contributed by atoms with van der Waals surface area (Å²) >= 11 is 0. The number of aromatic nitrogens is 3. The van der Waals surface area contributed by atoms with Crippen molar-refractivity contribution >= 4 is 11.9 Å². The van der Waals surface area contributed by atoms with Crippen LogP contribution in [0.2, 0.25) is 0 Å². The largest absolute Gasteiger partial charge is 0.464 e. The van der Waals surface area contributed by atoms with Gasteiger partial charge in [-0.3, -0.25) is 0 Å². The molecule has 2 rings (SSSR count). The van der Waals surface area contributed by atoms with Crippen LogP contribution in [0.25, 0.3) is 0 Å². The van der Waals surface area contributed by atoms with E-state index in [1.807, 2.05) is 6.92 Å². The molecule has 1 aliphatic heterocycles. The summed E-state index contributed by atoms with van der Waals surface area (Å²) < 4.78 is 5.29. The van der Waals surface area contributed by atoms with Crippen molar-refractivity contribution < 1.29 is 4.74 Å². The van der Waals surface area contributed by atoms with E-state index in [0.717, 1.165) is 13.1 Å². The average Bonchev–Trinajstić information content (AvgIpc) is 2.78. The molecule has 100 valence electrons. The van der Waals surface area contributed by atoms with E-state index >= 15 is 0 Å². The lowest BCUT2D eigenvalue weighted by atomic mass is 9.95. The number of hydrogen-bond donors (Lipinski definition) is 1. The molecule has 0 saturated carbocycles. The van der Waals surface area contributed by atoms with Gasteiger partial charge >= 0.3 is 6.01 Å². The molecule has 1 fully saturated rings. The molecule has 6 nitrogen and oxygen atoms in total. The highest BCUT2D eigenvalue weighted by atomic mass is 16.5. The van der Waals surface area contributed by atoms with Gasteiger partial charge in [-0.25, -0.2) is 0 Å². The van der Waals surface area contributed by atoms with Crippen molar-refractivity contribution in [2.45, 2.75) is 27.2 Å². The van der Waals surface area contributed by atoms with Gasteiger partial charge < -0.3 is 15.4 Å². The molecule has 0 amide bonds. The highest BCUT2D eigenvalue weighted by Crippen LogP contribution is 2.27. The molecule has 1 saturated heterocycles. The molecule has 18 heavy (non-hydrogen) atoms. The van der Waals surface area contributed by atoms with Crippen LogP contribution in [0, 0.1) is 11.8 Å². The highest BCUT2D eigenvalue weighted by Gasteiger charge is 2.27. The monoisotopic (exact) mass is 251 g/mol. The second-order valence-electron chi connectivity index (χ2n) is 4.95. The van der Waals surface area contributed by atoms with Gasteiger partial charge in [-0.2, -0.15) is 15.0 Å². The second kappa shape index (κ2) is 5.37. The third kappa shape index (κ3) is 2.80. The van der Waals surface area contributed by atoms with Crippen LogP contribution in [0.15, 0.2) is 0 Å². The first-order valence-electron chi connectivity index (χ1n) is 6.49. The van der Waals surface area contributed by atoms with Crippen LogP contribution in [-0.2, 0) is 0 Å². The molecule has 1 atom stereocenters. The Morgan fingerprint density at radius 2 is 2.17 bits per heavy atom. The zero-order valence-corrected chi connectivity index (χ0v) is 11.3. The molecule has 0 spiro atoms. The number of nitrogen functional groups attached to an aromatic ring is 1. The van der Waals surface area contributed by atoms with Gasteiger partial charge in [-0.1, -0.05) is 13.8 Å². The molecule has 2 heterocycles. The van der Waals surface area contributed by atoms with Gasteiger partial charge in [0.25, 0.3) is 0 Å². The van der Waals surface area contributed by atoms with E-state index in [1.165, 1.54) is 6.42 Å². The van der Waals surface area contributed by atoms with Crippen molar-refractivity contribution in [2.75, 3.05) is 30.3 Å². The maximum Gasteiger partial charge on any atom is 0.323 e. The predicted octanol–water partition coefficient (Wildman–Crippen LogP) is 1.33. The van der Waals surface area contributed by atoms with Crippen LogP contribution in [0.3, 0.4) is 0 Å². The molecule has 1 unspecified atom stereocenters. The Morgan fingerprint density at radius 3 is 2.78 bits per heavy atom. The van der Waals surface area contributed by atoms with E-state index in [0.29, 0.717) is 30.4 Å². The number of nitrogens with zero attached hydrogens (tertiary/aromatic N) is 4. The van der Waals surface area contributed by atoms with Crippen molar-refractivity contribution in [1.82, 2.24) is 15.0 Å². The lowest BCUT2D eigenvalue weighted by molar-refractivity contribution is 0.312. The van der Waals surface area contributed by atoms with Gasteiger partial charge in [0, 0.05) is 13.1 Å². The van der Waals surface area contributed by atoms with E-state index in [4.69, 9.17) is 10.5 Å². The topological polar surface area (TPSA) is 77.2 Å². The van der Waals surface area contributed by atoms with Gasteiger partial charge in [-0.05, 0) is 25.2 Å². The number of rotatable bonds is 4. The normalized spacial score (nSPS) is 19.6. The predicted molar refractivity (Wildman–Crippen MR) is 70.6 cm³/mol. The number of ether oxygens (including phenoxy) is 1. The molecule has 6 heteroatoms. The number of nitrogens with two attached hydrogens (primary N) is 1. The lowest BCUT2D eigenvalue weighted by Crippen LogP contribution is -2.24. The fourth-order valence-corrected chi connectivity index (χ4v) is 2.21. The zero-order valence-electron chi connectivity index (χ0n) is 11.3. The standard InChI is InChI=1S/C12H21N5O/c1-4-18-12-15-10(13)14-11(16-12)17-6-5-9(7-17)8(2)3/h8-9H,4-7H2,1-3H3,(H2,13,14,15,16). The van der Waals surface area contributed by atoms with E-state index in [2.05, 4.69) is 33.7 Å². The lowest BCUT2D eigenvalue weighted by Gasteiger charge is -2.18. The van der Waals surface area contributed by atoms with E-state index in [9.17, 15) is 0 Å². The Labute approximate surface area is 108 Å². The summed E-state index contributed by atoms with van der Waals surface area (Å²) in [6.07, 6.45) is 1.17. The minimum atomic E-state index is 0.219. The van der Waals surface area contributed by atoms with Crippen molar-refractivity contribution in [3.63, 3.8) is 0 Å². The Balaban J connectivity index is 2.13. The molecule has 1 aromatic heterocycles. The minimum absolute atomic E-state index is 0.219. The quantitative estimate of drug-likeness (QED) is 0.870. The summed E-state index contributed by atoms with van der Waals surface area (Å²) in [6.45, 7) is 8.87. The molecule has 0 radical (unpaired) electrons. The van der Waals surface area contributed by atoms with Crippen LogP contribution >= 0.6 is 0 Å². The van der Waals surface area contributed by atoms with Gasteiger partial charge in [0.15, 0.2) is 0 Å². The summed E-state index contributed by atoms with van der Waals surface area (Å²) in [5, 5.41) is 0. The fraction of sp³-hybridized carbons (Fsp3) is 0.750. The number of hydrogen-bond acceptors (Lipinski definition) is 6. The first-order chi connectivity index (χ1) is 8.60. The maximum atomic E-state index is 5.68. The fourth-order valence-electron chi connectivity index (χ4n) is 2.21. The van der Waals surface area contributed by atoms with E-state index in [-0.39, 0.29) is 5.95 Å². The SMILES string of the molecule is CCOc1nc(N)nc(N2CCC(C(C)C)C2)n1. The van der Waals surface area contributed by atoms with Gasteiger partial charge in [-0.15, -0.1) is 0 Å². The van der Waals surface area contributed by atoms with E-state index < -0.39 is 0 Å². The van der Waals surface area contributed by atoms with Crippen molar-refractivity contribution in [3.8, 4) is 6.01 Å². The van der Waals surface area contributed by atoms with E-state index in [1.54, 1.807) is 0 Å². The van der Waals surface area contributed by atoms with Gasteiger partial charge in [0.1, 0.15) is 0 Å². The Hall–Kier alpha value is -1.59. The second-order valence-corrected chi connectivity index (χ2v) is 4.95. The van der Waals surface area contributed by atoms with Gasteiger partial charge in [0.2, 0.25) is 11.9 Å². The molecular formula is C12H21N5O. The first-order valence-corrected chi connectivity index (χ1v) is 6.49. The summed E-state index contributed by atoms with van der Waals surface area (Å²) in [6, 6.07) is 0.313. The molecule has 0 aliphatic carbocycles. The van der Waals surface area contributed by atoms with Crippen LogP contribution in [0.4, 0.5) is 11.9 Å². The molecule has 1 aromatic rings. The summed E-state index contributed by atoms with van der Waals surface area (Å²) in [4.78, 5) is 14.6. The first kappa shape index (κ1) is 12.9. The van der Waals surface area contributed by atoms with Crippen molar-refractivity contribution in [3.05, 3.63) is 0 Å². The van der Waals surface area contributed by atoms with Crippen LogP contribution in [0.1, 0.15) is 27.2 Å². The van der Waals surface area contributed by atoms with Crippen LogP contribution in [-0.4, -0.2) is 34.6 Å². The third-order valence-corrected chi connectivity index (χ3v) is 3.34. The average molecular weight is 251 g/mol. The molecule has 0 aromatic carbocycles. The Bertz CT molecular complexity index is 409. The number of anilines is 2. The zero-order chi connectivity index (χ0) is 13.1. The van der Waals surface area contributed by atoms with Crippen LogP contribution < -0.4 is 15.4 Å². The summed E-state index contributed by atoms with van der Waals surface area (Å²) in [5.74, 6) is 2.23.